The van der Waals surface area contributed by atoms with Crippen LogP contribution in [0, 0.1) is 5.92 Å². The Balaban J connectivity index is 1.04. The van der Waals surface area contributed by atoms with E-state index in [0.717, 1.165) is 49.7 Å². The summed E-state index contributed by atoms with van der Waals surface area (Å²) in [5, 5.41) is 15.2. The Kier molecular flexibility index (Phi) is 12.1. The number of sulfonamides is 1. The average molecular weight is 876 g/mol. The first-order valence-electron chi connectivity index (χ1n) is 22.2. The number of hydrogen-bond acceptors (Lipinski definition) is 10. The fourth-order valence-corrected chi connectivity index (χ4v) is 10.4. The molecule has 5 aliphatic rings. The maximum atomic E-state index is 14.9. The summed E-state index contributed by atoms with van der Waals surface area (Å²) in [7, 11) is -3.91. The Morgan fingerprint density at radius 1 is 0.778 bits per heavy atom. The monoisotopic (exact) mass is 875 g/mol. The van der Waals surface area contributed by atoms with Crippen LogP contribution in [0.1, 0.15) is 89.5 Å². The van der Waals surface area contributed by atoms with E-state index in [1.165, 1.54) is 4.90 Å². The third-order valence-electron chi connectivity index (χ3n) is 12.8. The first-order valence-corrected chi connectivity index (χ1v) is 23.8. The number of nitrogens with zero attached hydrogens (tertiary/aromatic N) is 4. The number of fused-ring (bicyclic) bond motifs is 2. The first-order chi connectivity index (χ1) is 30.6. The number of benzene rings is 3. The second-order valence-corrected chi connectivity index (χ2v) is 19.4. The lowest BCUT2D eigenvalue weighted by atomic mass is 10.0. The highest BCUT2D eigenvalue weighted by molar-refractivity contribution is 7.91. The Labute approximate surface area is 367 Å². The van der Waals surface area contributed by atoms with Gasteiger partial charge < -0.3 is 25.0 Å². The van der Waals surface area contributed by atoms with Gasteiger partial charge in [0.2, 0.25) is 21.8 Å². The number of para-hydroxylation sites is 1. The molecule has 3 aliphatic carbocycles. The molecule has 0 bridgehead atoms. The number of amides is 4. The number of allylic oxidation sites excluding steroid dienone is 1. The van der Waals surface area contributed by atoms with E-state index < -0.39 is 68.7 Å². The van der Waals surface area contributed by atoms with E-state index in [1.807, 2.05) is 97.1 Å². The summed E-state index contributed by atoms with van der Waals surface area (Å²) in [4.78, 5) is 59.8. The van der Waals surface area contributed by atoms with Crippen LogP contribution >= 0.6 is 0 Å². The number of aromatic nitrogens is 3. The lowest BCUT2D eigenvalue weighted by molar-refractivity contribution is -0.141. The van der Waals surface area contributed by atoms with Crippen LogP contribution in [-0.4, -0.2) is 87.6 Å². The second kappa shape index (κ2) is 18.0. The standard InChI is InChI=1S/C47H53N7O8S/c55-43-40-28-34(54-50-41(31-14-6-4-7-15-31)42(51-54)32-22-24-37(25-23-32)61-35-17-9-5-10-18-35)30-53(40)44(56)39(48-46(58)62-36-19-12-13-20-36)21-11-3-1-2-8-16-33-29-47(33,49-43)45(57)52-63(59,60)38-26-27-38/h4-10,14-18,22-25,33-34,36,38-40H,1-3,11-13,19-21,26-30H2,(H,48,58)(H,49,55)(H,52,57)/b16-8+/t33-,34-,39-,40+,47-/m1/s1. The number of ether oxygens (including phenoxy) is 2. The van der Waals surface area contributed by atoms with E-state index in [2.05, 4.69) is 15.4 Å². The molecule has 0 unspecified atom stereocenters. The van der Waals surface area contributed by atoms with Crippen LogP contribution in [0.5, 0.6) is 11.5 Å². The van der Waals surface area contributed by atoms with Gasteiger partial charge in [-0.3, -0.25) is 19.1 Å². The highest BCUT2D eigenvalue weighted by Crippen LogP contribution is 2.46. The highest BCUT2D eigenvalue weighted by atomic mass is 32.2. The van der Waals surface area contributed by atoms with Gasteiger partial charge in [0.1, 0.15) is 46.6 Å². The first kappa shape index (κ1) is 42.3. The zero-order valence-corrected chi connectivity index (χ0v) is 35.9. The quantitative estimate of drug-likeness (QED) is 0.147. The van der Waals surface area contributed by atoms with E-state index in [1.54, 1.807) is 4.80 Å². The van der Waals surface area contributed by atoms with Gasteiger partial charge in [0.05, 0.1) is 11.3 Å². The van der Waals surface area contributed by atoms with Gasteiger partial charge in [0.25, 0.3) is 5.91 Å². The minimum atomic E-state index is -3.91. The highest BCUT2D eigenvalue weighted by Gasteiger charge is 2.62. The van der Waals surface area contributed by atoms with E-state index in [0.29, 0.717) is 55.0 Å². The van der Waals surface area contributed by atoms with Crippen molar-refractivity contribution < 1.29 is 37.1 Å². The SMILES string of the molecule is O=C(N[C@@H]1CCCCC/C=C/[C@@H]2C[C@@]2(C(=O)NS(=O)(=O)C2CC2)NC(=O)[C@@H]2C[C@@H](n3nc(-c4ccccc4)c(-c4ccc(Oc5ccccc5)cc4)n3)CN2C1=O)OC1CCCC1. The van der Waals surface area contributed by atoms with Crippen molar-refractivity contribution in [2.24, 2.45) is 5.92 Å². The number of carbonyl (C=O) groups excluding carboxylic acids is 4. The number of hydrogen-bond donors (Lipinski definition) is 3. The van der Waals surface area contributed by atoms with Crippen molar-refractivity contribution in [2.45, 2.75) is 118 Å². The Bertz CT molecular complexity index is 2450. The molecule has 5 atom stereocenters. The van der Waals surface area contributed by atoms with Gasteiger partial charge in [-0.15, -0.1) is 0 Å². The van der Waals surface area contributed by atoms with Crippen molar-refractivity contribution in [3.8, 4) is 34.0 Å². The molecule has 3 saturated carbocycles. The zero-order valence-electron chi connectivity index (χ0n) is 35.1. The molecule has 4 aromatic rings. The minimum absolute atomic E-state index is 0.0254. The van der Waals surface area contributed by atoms with Gasteiger partial charge in [-0.1, -0.05) is 73.5 Å². The number of nitrogens with one attached hydrogen (secondary N) is 3. The summed E-state index contributed by atoms with van der Waals surface area (Å²) < 4.78 is 40.0. The van der Waals surface area contributed by atoms with E-state index in [-0.39, 0.29) is 25.5 Å². The predicted octanol–water partition coefficient (Wildman–Crippen LogP) is 6.59. The molecule has 9 rings (SSSR count). The van der Waals surface area contributed by atoms with Crippen LogP contribution < -0.4 is 20.1 Å². The summed E-state index contributed by atoms with van der Waals surface area (Å²) in [6, 6.07) is 23.9. The molecule has 3 N–H and O–H groups in total. The van der Waals surface area contributed by atoms with Gasteiger partial charge in [-0.2, -0.15) is 15.0 Å². The van der Waals surface area contributed by atoms with Crippen molar-refractivity contribution in [3.63, 3.8) is 0 Å². The summed E-state index contributed by atoms with van der Waals surface area (Å²) in [6.07, 6.45) is 10.9. The molecular weight excluding hydrogens is 823 g/mol. The topological polar surface area (TPSA) is 191 Å². The van der Waals surface area contributed by atoms with Crippen molar-refractivity contribution in [1.29, 1.82) is 0 Å². The minimum Gasteiger partial charge on any atom is -0.457 e. The molecular formula is C47H53N7O8S. The summed E-state index contributed by atoms with van der Waals surface area (Å²) >= 11 is 0. The molecule has 63 heavy (non-hydrogen) atoms. The summed E-state index contributed by atoms with van der Waals surface area (Å²) in [5.41, 5.74) is 1.26. The average Bonchev–Trinajstić information content (AvgIpc) is 4.06. The number of rotatable bonds is 10. The van der Waals surface area contributed by atoms with Crippen molar-refractivity contribution in [3.05, 3.63) is 97.1 Å². The fraction of sp³-hybridized carbons (Fsp3) is 0.447. The van der Waals surface area contributed by atoms with Crippen LogP contribution in [0.4, 0.5) is 4.79 Å². The maximum absolute atomic E-state index is 14.9. The lowest BCUT2D eigenvalue weighted by Gasteiger charge is -2.30. The normalized spacial score (nSPS) is 26.0. The van der Waals surface area contributed by atoms with Gasteiger partial charge in [-0.25, -0.2) is 13.2 Å². The molecule has 16 heteroatoms. The molecule has 3 heterocycles. The predicted molar refractivity (Wildman–Crippen MR) is 234 cm³/mol. The Morgan fingerprint density at radius 2 is 1.43 bits per heavy atom. The second-order valence-electron chi connectivity index (χ2n) is 17.4. The Morgan fingerprint density at radius 3 is 2.13 bits per heavy atom. The maximum Gasteiger partial charge on any atom is 0.408 e. The molecule has 4 fully saturated rings. The van der Waals surface area contributed by atoms with Crippen LogP contribution in [0.2, 0.25) is 0 Å². The molecule has 0 radical (unpaired) electrons. The molecule has 4 amide bonds. The summed E-state index contributed by atoms with van der Waals surface area (Å²) in [5.74, 6) is -0.934. The third-order valence-corrected chi connectivity index (χ3v) is 14.7. The molecule has 1 aromatic heterocycles. The van der Waals surface area contributed by atoms with Crippen LogP contribution in [0.15, 0.2) is 97.1 Å². The lowest BCUT2D eigenvalue weighted by Crippen LogP contribution is -2.58. The molecule has 1 saturated heterocycles. The largest absolute Gasteiger partial charge is 0.457 e. The smallest absolute Gasteiger partial charge is 0.408 e. The summed E-state index contributed by atoms with van der Waals surface area (Å²) in [6.45, 7) is 0.0254. The molecule has 0 spiro atoms. The van der Waals surface area contributed by atoms with Crippen LogP contribution in [0.25, 0.3) is 22.5 Å². The van der Waals surface area contributed by atoms with Gasteiger partial charge in [0.15, 0.2) is 0 Å². The number of carbonyl (C=O) groups is 4. The molecule has 330 valence electrons. The molecule has 3 aromatic carbocycles. The van der Waals surface area contributed by atoms with E-state index in [4.69, 9.17) is 19.7 Å². The van der Waals surface area contributed by atoms with Crippen LogP contribution in [0.3, 0.4) is 0 Å². The van der Waals surface area contributed by atoms with Crippen molar-refractivity contribution in [1.82, 2.24) is 35.2 Å². The van der Waals surface area contributed by atoms with Crippen LogP contribution in [-0.2, 0) is 29.1 Å². The fourth-order valence-electron chi connectivity index (χ4n) is 9.06. The van der Waals surface area contributed by atoms with Gasteiger partial charge in [0, 0.05) is 30.0 Å². The van der Waals surface area contributed by atoms with Crippen molar-refractivity contribution in [2.75, 3.05) is 6.54 Å². The van der Waals surface area contributed by atoms with E-state index >= 15 is 0 Å². The molecule has 2 aliphatic heterocycles. The van der Waals surface area contributed by atoms with Gasteiger partial charge in [-0.05, 0) is 101 Å². The van der Waals surface area contributed by atoms with Crippen molar-refractivity contribution >= 4 is 33.8 Å². The van der Waals surface area contributed by atoms with E-state index in [9.17, 15) is 27.6 Å². The number of alkyl carbamates (subject to hydrolysis) is 1. The molecule has 15 nitrogen and oxygen atoms in total. The Hall–Kier alpha value is -6.03. The third kappa shape index (κ3) is 9.50. The zero-order chi connectivity index (χ0) is 43.6. The van der Waals surface area contributed by atoms with Gasteiger partial charge >= 0.3 is 6.09 Å².